The Bertz CT molecular complexity index is 642. The normalized spacial score (nSPS) is 10.1. The Balaban J connectivity index is 2.14. The van der Waals surface area contributed by atoms with Gasteiger partial charge in [-0.05, 0) is 6.07 Å². The zero-order valence-electron chi connectivity index (χ0n) is 11.1. The van der Waals surface area contributed by atoms with Crippen molar-refractivity contribution in [2.45, 2.75) is 6.54 Å². The van der Waals surface area contributed by atoms with Crippen molar-refractivity contribution in [2.24, 2.45) is 0 Å². The lowest BCUT2D eigenvalue weighted by Crippen LogP contribution is -2.14. The molecule has 110 valence electrons. The zero-order chi connectivity index (χ0) is 15.2. The van der Waals surface area contributed by atoms with Crippen LogP contribution in [0, 0.1) is 10.1 Å². The Morgan fingerprint density at radius 2 is 2.33 bits per heavy atom. The van der Waals surface area contributed by atoms with E-state index in [0.717, 1.165) is 0 Å². The van der Waals surface area contributed by atoms with Gasteiger partial charge in [0.15, 0.2) is 5.69 Å². The third-order valence-electron chi connectivity index (χ3n) is 2.57. The predicted octanol–water partition coefficient (Wildman–Crippen LogP) is 0.480. The van der Waals surface area contributed by atoms with Crippen LogP contribution in [0.15, 0.2) is 24.5 Å². The Labute approximate surface area is 118 Å². The molecule has 0 bridgehead atoms. The third-order valence-corrected chi connectivity index (χ3v) is 2.57. The number of nitro groups is 1. The van der Waals surface area contributed by atoms with Crippen molar-refractivity contribution in [3.05, 3.63) is 40.3 Å². The highest BCUT2D eigenvalue weighted by Crippen LogP contribution is 2.22. The fourth-order valence-corrected chi connectivity index (χ4v) is 1.59. The molecule has 1 N–H and O–H groups in total. The Hall–Kier alpha value is -3.04. The molecule has 0 saturated heterocycles. The molecular weight excluding hydrogens is 280 g/mol. The van der Waals surface area contributed by atoms with Crippen molar-refractivity contribution < 1.29 is 14.5 Å². The van der Waals surface area contributed by atoms with Crippen molar-refractivity contribution >= 4 is 17.5 Å². The fraction of sp³-hybridized carbons (Fsp3) is 0.273. The van der Waals surface area contributed by atoms with Crippen molar-refractivity contribution in [3.8, 4) is 0 Å². The van der Waals surface area contributed by atoms with Crippen molar-refractivity contribution in [1.82, 2.24) is 20.0 Å². The number of anilines is 1. The first-order valence-corrected chi connectivity index (χ1v) is 5.93. The number of esters is 1. The van der Waals surface area contributed by atoms with Gasteiger partial charge in [-0.3, -0.25) is 14.8 Å². The third kappa shape index (κ3) is 3.49. The lowest BCUT2D eigenvalue weighted by Gasteiger charge is -2.07. The molecule has 0 spiro atoms. The summed E-state index contributed by atoms with van der Waals surface area (Å²) in [6, 6.07) is 2.45. The number of hydrogen-bond donors (Lipinski definition) is 1. The second kappa shape index (κ2) is 6.41. The SMILES string of the molecule is COC(=O)c1ccc([N+](=O)[O-])c(NCCn2ccnn2)n1. The van der Waals surface area contributed by atoms with E-state index in [2.05, 4.69) is 25.3 Å². The van der Waals surface area contributed by atoms with Gasteiger partial charge < -0.3 is 10.1 Å². The molecule has 2 aromatic rings. The van der Waals surface area contributed by atoms with E-state index < -0.39 is 10.9 Å². The first-order valence-electron chi connectivity index (χ1n) is 5.93. The monoisotopic (exact) mass is 292 g/mol. The minimum Gasteiger partial charge on any atom is -0.464 e. The molecule has 10 nitrogen and oxygen atoms in total. The van der Waals surface area contributed by atoms with Crippen LogP contribution in [0.2, 0.25) is 0 Å². The van der Waals surface area contributed by atoms with Crippen molar-refractivity contribution in [2.75, 3.05) is 19.0 Å². The van der Waals surface area contributed by atoms with E-state index in [1.54, 1.807) is 10.9 Å². The van der Waals surface area contributed by atoms with E-state index in [4.69, 9.17) is 0 Å². The maximum absolute atomic E-state index is 11.4. The molecule has 0 amide bonds. The van der Waals surface area contributed by atoms with Gasteiger partial charge in [0, 0.05) is 18.8 Å². The molecule has 0 fully saturated rings. The number of ether oxygens (including phenoxy) is 1. The predicted molar refractivity (Wildman–Crippen MR) is 70.7 cm³/mol. The highest BCUT2D eigenvalue weighted by atomic mass is 16.6. The summed E-state index contributed by atoms with van der Waals surface area (Å²) in [6.07, 6.45) is 3.19. The first-order chi connectivity index (χ1) is 10.1. The Morgan fingerprint density at radius 3 is 2.95 bits per heavy atom. The van der Waals surface area contributed by atoms with E-state index in [1.165, 1.54) is 25.4 Å². The fourth-order valence-electron chi connectivity index (χ4n) is 1.59. The quantitative estimate of drug-likeness (QED) is 0.463. The van der Waals surface area contributed by atoms with Gasteiger partial charge in [-0.15, -0.1) is 5.10 Å². The summed E-state index contributed by atoms with van der Waals surface area (Å²) in [5.41, 5.74) is -0.229. The molecule has 2 aromatic heterocycles. The topological polar surface area (TPSA) is 125 Å². The molecule has 0 aliphatic heterocycles. The number of aromatic nitrogens is 4. The van der Waals surface area contributed by atoms with Gasteiger partial charge in [0.25, 0.3) is 0 Å². The average Bonchev–Trinajstić information content (AvgIpc) is 2.99. The Kier molecular flexibility index (Phi) is 4.39. The molecule has 21 heavy (non-hydrogen) atoms. The molecule has 10 heteroatoms. The van der Waals surface area contributed by atoms with Crippen LogP contribution >= 0.6 is 0 Å². The average molecular weight is 292 g/mol. The first kappa shape index (κ1) is 14.4. The summed E-state index contributed by atoms with van der Waals surface area (Å²) in [6.45, 7) is 0.781. The van der Waals surface area contributed by atoms with Crippen LogP contribution in [0.1, 0.15) is 10.5 Å². The van der Waals surface area contributed by atoms with E-state index >= 15 is 0 Å². The van der Waals surface area contributed by atoms with Crippen LogP contribution in [0.3, 0.4) is 0 Å². The van der Waals surface area contributed by atoms with Crippen LogP contribution in [0.5, 0.6) is 0 Å². The van der Waals surface area contributed by atoms with Gasteiger partial charge in [-0.2, -0.15) is 0 Å². The summed E-state index contributed by atoms with van der Waals surface area (Å²) < 4.78 is 6.09. The standard InChI is InChI=1S/C11H12N6O4/c1-21-11(18)8-2-3-9(17(19)20)10(14-8)12-4-6-16-7-5-13-15-16/h2-3,5,7H,4,6H2,1H3,(H,12,14). The van der Waals surface area contributed by atoms with Crippen LogP contribution in [-0.2, 0) is 11.3 Å². The van der Waals surface area contributed by atoms with Crippen molar-refractivity contribution in [3.63, 3.8) is 0 Å². The van der Waals surface area contributed by atoms with E-state index in [1.807, 2.05) is 0 Å². The summed E-state index contributed by atoms with van der Waals surface area (Å²) in [7, 11) is 1.21. The van der Waals surface area contributed by atoms with Gasteiger partial charge in [0.1, 0.15) is 0 Å². The van der Waals surface area contributed by atoms with Gasteiger partial charge in [0.2, 0.25) is 5.82 Å². The molecule has 2 heterocycles. The van der Waals surface area contributed by atoms with Gasteiger partial charge in [-0.1, -0.05) is 5.21 Å². The summed E-state index contributed by atoms with van der Waals surface area (Å²) in [4.78, 5) is 25.7. The van der Waals surface area contributed by atoms with Gasteiger partial charge in [-0.25, -0.2) is 9.78 Å². The van der Waals surface area contributed by atoms with Crippen molar-refractivity contribution in [1.29, 1.82) is 0 Å². The smallest absolute Gasteiger partial charge is 0.356 e. The van der Waals surface area contributed by atoms with Gasteiger partial charge >= 0.3 is 11.7 Å². The largest absolute Gasteiger partial charge is 0.464 e. The van der Waals surface area contributed by atoms with E-state index in [0.29, 0.717) is 13.1 Å². The number of hydrogen-bond acceptors (Lipinski definition) is 8. The van der Waals surface area contributed by atoms with Crippen LogP contribution in [0.25, 0.3) is 0 Å². The number of carbonyl (C=O) groups is 1. The van der Waals surface area contributed by atoms with Crippen LogP contribution in [0.4, 0.5) is 11.5 Å². The molecule has 0 unspecified atom stereocenters. The minimum absolute atomic E-state index is 0.00279. The maximum atomic E-state index is 11.4. The number of nitrogens with zero attached hydrogens (tertiary/aromatic N) is 5. The number of methoxy groups -OCH3 is 1. The minimum atomic E-state index is -0.663. The lowest BCUT2D eigenvalue weighted by molar-refractivity contribution is -0.384. The number of carbonyl (C=O) groups excluding carboxylic acids is 1. The maximum Gasteiger partial charge on any atom is 0.356 e. The molecule has 0 aliphatic carbocycles. The Morgan fingerprint density at radius 1 is 1.52 bits per heavy atom. The number of rotatable bonds is 6. The molecule has 0 aliphatic rings. The highest BCUT2D eigenvalue weighted by molar-refractivity contribution is 5.88. The number of pyridine rings is 1. The summed E-state index contributed by atoms with van der Waals surface area (Å²) in [5, 5.41) is 21.2. The summed E-state index contributed by atoms with van der Waals surface area (Å²) >= 11 is 0. The van der Waals surface area contributed by atoms with E-state index in [-0.39, 0.29) is 17.2 Å². The number of nitrogens with one attached hydrogen (secondary N) is 1. The lowest BCUT2D eigenvalue weighted by atomic mass is 10.3. The van der Waals surface area contributed by atoms with E-state index in [9.17, 15) is 14.9 Å². The molecule has 0 atom stereocenters. The van der Waals surface area contributed by atoms with Crippen LogP contribution < -0.4 is 5.32 Å². The van der Waals surface area contributed by atoms with Gasteiger partial charge in [0.05, 0.1) is 24.8 Å². The summed E-state index contributed by atoms with van der Waals surface area (Å²) in [5.74, 6) is -0.660. The molecule has 0 saturated carbocycles. The second-order valence-electron chi connectivity index (χ2n) is 3.91. The highest BCUT2D eigenvalue weighted by Gasteiger charge is 2.18. The molecule has 0 radical (unpaired) electrons. The second-order valence-corrected chi connectivity index (χ2v) is 3.91. The molecule has 0 aromatic carbocycles. The van der Waals surface area contributed by atoms with Crippen LogP contribution in [-0.4, -0.2) is 44.5 Å². The zero-order valence-corrected chi connectivity index (χ0v) is 11.1. The molecular formula is C11H12N6O4. The molecule has 2 rings (SSSR count).